The van der Waals surface area contributed by atoms with Crippen LogP contribution in [0.15, 0.2) is 29.0 Å². The highest BCUT2D eigenvalue weighted by Gasteiger charge is 2.27. The molecule has 0 amide bonds. The predicted octanol–water partition coefficient (Wildman–Crippen LogP) is -0.0446. The molecule has 2 unspecified atom stereocenters. The van der Waals surface area contributed by atoms with Gasteiger partial charge in [-0.15, -0.1) is 0 Å². The Hall–Kier alpha value is -1.83. The summed E-state index contributed by atoms with van der Waals surface area (Å²) >= 11 is 0. The van der Waals surface area contributed by atoms with E-state index in [1.54, 1.807) is 12.4 Å². The van der Waals surface area contributed by atoms with E-state index < -0.39 is 0 Å². The van der Waals surface area contributed by atoms with E-state index in [4.69, 9.17) is 10.3 Å². The normalized spacial score (nSPS) is 24.1. The first-order chi connectivity index (χ1) is 8.33. The fourth-order valence-electron chi connectivity index (χ4n) is 1.73. The Morgan fingerprint density at radius 2 is 2.35 bits per heavy atom. The minimum atomic E-state index is -0.0891. The molecule has 3 rings (SSSR count). The lowest BCUT2D eigenvalue weighted by Crippen LogP contribution is -2.36. The lowest BCUT2D eigenvalue weighted by Gasteiger charge is -2.00. The standard InChI is InChI=1S/C10H12N6O/c11-8-4-7(14-15-8)10-13-9(16-17-10)6-2-1-3-12-5-6/h1-3,5,7-8,14-15H,4,11H2. The van der Waals surface area contributed by atoms with E-state index in [0.717, 1.165) is 5.56 Å². The zero-order valence-electron chi connectivity index (χ0n) is 9.00. The highest BCUT2D eigenvalue weighted by molar-refractivity contribution is 5.51. The molecule has 88 valence electrons. The van der Waals surface area contributed by atoms with E-state index in [2.05, 4.69) is 26.0 Å². The van der Waals surface area contributed by atoms with Crippen LogP contribution in [-0.2, 0) is 0 Å². The van der Waals surface area contributed by atoms with Crippen molar-refractivity contribution in [2.24, 2.45) is 5.73 Å². The topological polar surface area (TPSA) is 102 Å². The average molecular weight is 232 g/mol. The van der Waals surface area contributed by atoms with Crippen LogP contribution in [-0.4, -0.2) is 21.3 Å². The van der Waals surface area contributed by atoms with Crippen LogP contribution in [0.3, 0.4) is 0 Å². The lowest BCUT2D eigenvalue weighted by atomic mass is 10.2. The summed E-state index contributed by atoms with van der Waals surface area (Å²) in [5.74, 6) is 1.07. The molecular weight excluding hydrogens is 220 g/mol. The zero-order chi connectivity index (χ0) is 11.7. The van der Waals surface area contributed by atoms with Crippen molar-refractivity contribution < 1.29 is 4.52 Å². The molecule has 0 saturated carbocycles. The Morgan fingerprint density at radius 1 is 1.41 bits per heavy atom. The van der Waals surface area contributed by atoms with Gasteiger partial charge in [0.15, 0.2) is 0 Å². The van der Waals surface area contributed by atoms with Gasteiger partial charge in [-0.2, -0.15) is 4.98 Å². The van der Waals surface area contributed by atoms with Crippen molar-refractivity contribution in [1.82, 2.24) is 26.0 Å². The molecule has 2 aromatic heterocycles. The number of nitrogens with one attached hydrogen (secondary N) is 2. The van der Waals surface area contributed by atoms with Crippen LogP contribution in [0.1, 0.15) is 18.4 Å². The number of hydrogen-bond donors (Lipinski definition) is 3. The second kappa shape index (κ2) is 4.21. The summed E-state index contributed by atoms with van der Waals surface area (Å²) in [6.45, 7) is 0. The summed E-state index contributed by atoms with van der Waals surface area (Å²) in [6.07, 6.45) is 4.02. The van der Waals surface area contributed by atoms with Gasteiger partial charge in [-0.05, 0) is 12.1 Å². The maximum Gasteiger partial charge on any atom is 0.245 e. The molecule has 1 saturated heterocycles. The Labute approximate surface area is 97.4 Å². The van der Waals surface area contributed by atoms with Crippen molar-refractivity contribution in [1.29, 1.82) is 0 Å². The van der Waals surface area contributed by atoms with Crippen LogP contribution in [0.2, 0.25) is 0 Å². The molecule has 1 fully saturated rings. The molecule has 0 aromatic carbocycles. The van der Waals surface area contributed by atoms with E-state index in [1.165, 1.54) is 0 Å². The van der Waals surface area contributed by atoms with Crippen LogP contribution in [0, 0.1) is 0 Å². The van der Waals surface area contributed by atoms with Gasteiger partial charge in [0.05, 0.1) is 6.17 Å². The summed E-state index contributed by atoms with van der Waals surface area (Å²) in [6, 6.07) is 3.67. The minimum Gasteiger partial charge on any atom is -0.337 e. The number of pyridine rings is 1. The van der Waals surface area contributed by atoms with Gasteiger partial charge in [0.1, 0.15) is 6.04 Å². The molecule has 17 heavy (non-hydrogen) atoms. The van der Waals surface area contributed by atoms with E-state index >= 15 is 0 Å². The molecule has 2 atom stereocenters. The maximum absolute atomic E-state index is 5.71. The quantitative estimate of drug-likeness (QED) is 0.667. The third-order valence-electron chi connectivity index (χ3n) is 2.59. The van der Waals surface area contributed by atoms with E-state index in [9.17, 15) is 0 Å². The Morgan fingerprint density at radius 3 is 3.06 bits per heavy atom. The Bertz CT molecular complexity index is 499. The summed E-state index contributed by atoms with van der Waals surface area (Å²) < 4.78 is 5.20. The van der Waals surface area contributed by atoms with E-state index in [-0.39, 0.29) is 12.2 Å². The first kappa shape index (κ1) is 10.3. The van der Waals surface area contributed by atoms with Crippen molar-refractivity contribution in [2.45, 2.75) is 18.6 Å². The monoisotopic (exact) mass is 232 g/mol. The van der Waals surface area contributed by atoms with Crippen molar-refractivity contribution in [3.63, 3.8) is 0 Å². The maximum atomic E-state index is 5.71. The van der Waals surface area contributed by atoms with Crippen molar-refractivity contribution in [2.75, 3.05) is 0 Å². The predicted molar refractivity (Wildman–Crippen MR) is 59.1 cm³/mol. The van der Waals surface area contributed by atoms with Crippen LogP contribution < -0.4 is 16.6 Å². The van der Waals surface area contributed by atoms with Gasteiger partial charge in [-0.25, -0.2) is 10.9 Å². The highest BCUT2D eigenvalue weighted by atomic mass is 16.5. The van der Waals surface area contributed by atoms with Gasteiger partial charge < -0.3 is 10.3 Å². The molecule has 3 heterocycles. The smallest absolute Gasteiger partial charge is 0.245 e. The third kappa shape index (κ3) is 2.03. The van der Waals surface area contributed by atoms with Crippen LogP contribution in [0.4, 0.5) is 0 Å². The van der Waals surface area contributed by atoms with Crippen LogP contribution in [0.5, 0.6) is 0 Å². The first-order valence-corrected chi connectivity index (χ1v) is 5.33. The van der Waals surface area contributed by atoms with Crippen molar-refractivity contribution in [3.05, 3.63) is 30.4 Å². The molecule has 7 heteroatoms. The number of nitrogens with two attached hydrogens (primary N) is 1. The van der Waals surface area contributed by atoms with E-state index in [0.29, 0.717) is 18.1 Å². The van der Waals surface area contributed by atoms with Crippen molar-refractivity contribution in [3.8, 4) is 11.4 Å². The first-order valence-electron chi connectivity index (χ1n) is 5.33. The van der Waals surface area contributed by atoms with Gasteiger partial charge in [0.2, 0.25) is 11.7 Å². The van der Waals surface area contributed by atoms with Crippen LogP contribution >= 0.6 is 0 Å². The van der Waals surface area contributed by atoms with Gasteiger partial charge in [0.25, 0.3) is 0 Å². The number of aromatic nitrogens is 3. The molecule has 0 spiro atoms. The summed E-state index contributed by atoms with van der Waals surface area (Å²) in [7, 11) is 0. The highest BCUT2D eigenvalue weighted by Crippen LogP contribution is 2.21. The fourth-order valence-corrected chi connectivity index (χ4v) is 1.73. The molecule has 0 radical (unpaired) electrons. The second-order valence-electron chi connectivity index (χ2n) is 3.88. The number of hydrazine groups is 1. The van der Waals surface area contributed by atoms with E-state index in [1.807, 2.05) is 12.1 Å². The summed E-state index contributed by atoms with van der Waals surface area (Å²) in [5, 5.41) is 3.92. The number of hydrogen-bond acceptors (Lipinski definition) is 7. The van der Waals surface area contributed by atoms with Gasteiger partial charge in [-0.1, -0.05) is 5.16 Å². The molecule has 7 nitrogen and oxygen atoms in total. The molecule has 1 aliphatic rings. The SMILES string of the molecule is NC1CC(c2nc(-c3cccnc3)no2)NN1. The molecule has 4 N–H and O–H groups in total. The second-order valence-corrected chi connectivity index (χ2v) is 3.88. The lowest BCUT2D eigenvalue weighted by molar-refractivity contribution is 0.340. The average Bonchev–Trinajstić information content (AvgIpc) is 2.98. The Kier molecular flexibility index (Phi) is 2.56. The molecule has 0 aliphatic carbocycles. The minimum absolute atomic E-state index is 0.0390. The largest absolute Gasteiger partial charge is 0.337 e. The molecule has 0 bridgehead atoms. The van der Waals surface area contributed by atoms with Crippen molar-refractivity contribution >= 4 is 0 Å². The summed E-state index contributed by atoms with van der Waals surface area (Å²) in [5.41, 5.74) is 12.4. The molecule has 2 aromatic rings. The van der Waals surface area contributed by atoms with Gasteiger partial charge in [-0.3, -0.25) is 4.98 Å². The molecule has 1 aliphatic heterocycles. The molecular formula is C10H12N6O. The van der Waals surface area contributed by atoms with Gasteiger partial charge >= 0.3 is 0 Å². The number of nitrogens with zero attached hydrogens (tertiary/aromatic N) is 3. The van der Waals surface area contributed by atoms with Gasteiger partial charge in [0, 0.05) is 24.4 Å². The van der Waals surface area contributed by atoms with Crippen LogP contribution in [0.25, 0.3) is 11.4 Å². The number of rotatable bonds is 2. The third-order valence-corrected chi connectivity index (χ3v) is 2.59. The zero-order valence-corrected chi connectivity index (χ0v) is 9.00. The summed E-state index contributed by atoms with van der Waals surface area (Å²) in [4.78, 5) is 8.33. The fraction of sp³-hybridized carbons (Fsp3) is 0.300. The Balaban J connectivity index is 1.84.